The Morgan fingerprint density at radius 1 is 1.10 bits per heavy atom. The summed E-state index contributed by atoms with van der Waals surface area (Å²) in [5.41, 5.74) is 3.40. The van der Waals surface area contributed by atoms with Crippen LogP contribution in [0.3, 0.4) is 0 Å². The lowest BCUT2D eigenvalue weighted by atomic mass is 9.82. The smallest absolute Gasteiger partial charge is 0.264 e. The molecule has 50 heavy (non-hydrogen) atoms. The quantitative estimate of drug-likeness (QED) is 0.242. The lowest BCUT2D eigenvalue weighted by Gasteiger charge is -2.37. The van der Waals surface area contributed by atoms with Gasteiger partial charge in [-0.3, -0.25) is 14.4 Å². The molecule has 4 heterocycles. The van der Waals surface area contributed by atoms with Crippen molar-refractivity contribution in [3.05, 3.63) is 93.5 Å². The molecule has 0 unspecified atom stereocenters. The molecule has 3 aromatic carbocycles. The summed E-state index contributed by atoms with van der Waals surface area (Å²) in [6, 6.07) is 20.7. The van der Waals surface area contributed by atoms with Crippen molar-refractivity contribution in [1.82, 2.24) is 10.2 Å². The van der Waals surface area contributed by atoms with Gasteiger partial charge in [0.2, 0.25) is 11.8 Å². The van der Waals surface area contributed by atoms with E-state index >= 15 is 0 Å². The molecular weight excluding hydrogens is 716 g/mol. The van der Waals surface area contributed by atoms with E-state index in [1.54, 1.807) is 9.80 Å². The van der Waals surface area contributed by atoms with Gasteiger partial charge in [-0.2, -0.15) is 0 Å². The summed E-state index contributed by atoms with van der Waals surface area (Å²) in [4.78, 5) is 56.8. The topological polar surface area (TPSA) is 131 Å². The predicted octanol–water partition coefficient (Wildman–Crippen LogP) is 4.82. The van der Waals surface area contributed by atoms with Crippen LogP contribution >= 0.6 is 15.9 Å². The average molecular weight is 762 g/mol. The number of nitrogens with zero attached hydrogens (tertiary/aromatic N) is 2. The van der Waals surface area contributed by atoms with E-state index < -0.39 is 31.5 Å². The summed E-state index contributed by atoms with van der Waals surface area (Å²) in [7, 11) is -3.00. The third kappa shape index (κ3) is 6.24. The molecule has 0 aromatic heterocycles. The third-order valence-electron chi connectivity index (χ3n) is 11.1. The molecule has 7 rings (SSSR count). The molecule has 4 aliphatic rings. The maximum absolute atomic E-state index is 14.8. The number of amides is 3. The Hall–Kier alpha value is -3.39. The Morgan fingerprint density at radius 2 is 1.84 bits per heavy atom. The molecule has 12 heteroatoms. The number of rotatable bonds is 8. The third-order valence-corrected chi connectivity index (χ3v) is 14.1. The first-order chi connectivity index (χ1) is 23.9. The van der Waals surface area contributed by atoms with Gasteiger partial charge in [-0.1, -0.05) is 59.3 Å². The SMILES string of the molecule is C[C@@H]1[C@@H]([Si](C)(C)O)[C@H](CC(=O)N2Cc3ccccc3C[C@H]2CO)O[C@@]12C(=O)N(Cc1ccc(NC(=O)[C@H]3CCCN3)cc1)c1ccc(Br)cc12. The van der Waals surface area contributed by atoms with Gasteiger partial charge < -0.3 is 35.1 Å². The monoisotopic (exact) mass is 760 g/mol. The zero-order valence-corrected chi connectivity index (χ0v) is 31.3. The van der Waals surface area contributed by atoms with E-state index in [-0.39, 0.29) is 49.4 Å². The lowest BCUT2D eigenvalue weighted by Crippen LogP contribution is -2.48. The maximum Gasteiger partial charge on any atom is 0.264 e. The molecule has 0 aliphatic carbocycles. The number of hydrogen-bond acceptors (Lipinski definition) is 7. The van der Waals surface area contributed by atoms with Gasteiger partial charge in [0.1, 0.15) is 0 Å². The van der Waals surface area contributed by atoms with Gasteiger partial charge in [-0.25, -0.2) is 0 Å². The summed E-state index contributed by atoms with van der Waals surface area (Å²) in [6.07, 6.45) is 1.66. The van der Waals surface area contributed by atoms with Crippen molar-refractivity contribution in [1.29, 1.82) is 0 Å². The van der Waals surface area contributed by atoms with E-state index in [0.29, 0.717) is 18.7 Å². The Morgan fingerprint density at radius 3 is 2.52 bits per heavy atom. The summed E-state index contributed by atoms with van der Waals surface area (Å²) in [5, 5.41) is 16.5. The molecule has 2 saturated heterocycles. The van der Waals surface area contributed by atoms with Crippen LogP contribution in [0.1, 0.15) is 48.4 Å². The zero-order valence-electron chi connectivity index (χ0n) is 28.7. The fourth-order valence-corrected chi connectivity index (χ4v) is 11.7. The minimum Gasteiger partial charge on any atom is -0.432 e. The summed E-state index contributed by atoms with van der Waals surface area (Å²) in [5.74, 6) is -0.853. The van der Waals surface area contributed by atoms with Crippen LogP contribution in [0.15, 0.2) is 71.2 Å². The van der Waals surface area contributed by atoms with Crippen molar-refractivity contribution in [3.63, 3.8) is 0 Å². The Bertz CT molecular complexity index is 1790. The number of aliphatic hydroxyl groups is 1. The number of hydrogen-bond donors (Lipinski definition) is 4. The number of halogens is 1. The van der Waals surface area contributed by atoms with Crippen LogP contribution in [0.2, 0.25) is 18.6 Å². The number of anilines is 2. The highest BCUT2D eigenvalue weighted by Gasteiger charge is 2.66. The second-order valence-electron chi connectivity index (χ2n) is 14.8. The number of carbonyl (C=O) groups excluding carboxylic acids is 3. The Kier molecular flexibility index (Phi) is 9.55. The lowest BCUT2D eigenvalue weighted by molar-refractivity contribution is -0.151. The average Bonchev–Trinajstić information content (AvgIpc) is 3.79. The summed E-state index contributed by atoms with van der Waals surface area (Å²) < 4.78 is 7.73. The van der Waals surface area contributed by atoms with E-state index in [4.69, 9.17) is 4.74 Å². The van der Waals surface area contributed by atoms with E-state index in [1.165, 1.54) is 0 Å². The highest BCUT2D eigenvalue weighted by Crippen LogP contribution is 2.60. The molecule has 0 radical (unpaired) electrons. The first-order valence-corrected chi connectivity index (χ1v) is 21.3. The number of benzene rings is 3. The van der Waals surface area contributed by atoms with Crippen molar-refractivity contribution in [2.24, 2.45) is 5.92 Å². The molecule has 0 saturated carbocycles. The van der Waals surface area contributed by atoms with Gasteiger partial charge in [0.25, 0.3) is 5.91 Å². The Labute approximate surface area is 302 Å². The van der Waals surface area contributed by atoms with E-state index in [9.17, 15) is 24.3 Å². The van der Waals surface area contributed by atoms with E-state index in [0.717, 1.165) is 51.8 Å². The molecule has 3 amide bonds. The highest BCUT2D eigenvalue weighted by atomic mass is 79.9. The number of nitrogens with one attached hydrogen (secondary N) is 2. The number of aliphatic hydroxyl groups excluding tert-OH is 1. The maximum atomic E-state index is 14.8. The number of fused-ring (bicyclic) bond motifs is 3. The van der Waals surface area contributed by atoms with Crippen LogP contribution < -0.4 is 15.5 Å². The van der Waals surface area contributed by atoms with Crippen molar-refractivity contribution < 1.29 is 29.0 Å². The van der Waals surface area contributed by atoms with Crippen LogP contribution in [0, 0.1) is 5.92 Å². The first kappa shape index (κ1) is 35.0. The van der Waals surface area contributed by atoms with Crippen molar-refractivity contribution in [2.45, 2.75) is 88.1 Å². The standard InChI is InChI=1S/C38H45BrN4O6Si/c1-23-35(50(2,3)48)33(19-34(45)42-21-26-8-5-4-7-25(26)17-29(42)22-44)49-38(23)30-18-27(39)12-15-32(30)43(37(38)47)20-24-10-13-28(14-11-24)41-36(46)31-9-6-16-40-31/h4-5,7-8,10-15,18,23,29,31,33,35,40,44,48H,6,9,16-17,19-22H2,1-3H3,(H,41,46)/t23-,29+,31-,33+,35-,38+/m1/s1. The normalized spacial score (nSPS) is 27.5. The van der Waals surface area contributed by atoms with Gasteiger partial charge >= 0.3 is 0 Å². The fourth-order valence-electron chi connectivity index (χ4n) is 8.75. The molecule has 3 aromatic rings. The van der Waals surface area contributed by atoms with Crippen LogP contribution in [0.4, 0.5) is 11.4 Å². The molecule has 4 aliphatic heterocycles. The number of carbonyl (C=O) groups is 3. The van der Waals surface area contributed by atoms with Gasteiger partial charge in [0.15, 0.2) is 13.9 Å². The second-order valence-corrected chi connectivity index (χ2v) is 19.7. The van der Waals surface area contributed by atoms with Gasteiger partial charge in [0.05, 0.1) is 43.4 Å². The minimum absolute atomic E-state index is 0.00735. The summed E-state index contributed by atoms with van der Waals surface area (Å²) >= 11 is 3.61. The predicted molar refractivity (Wildman–Crippen MR) is 197 cm³/mol. The summed E-state index contributed by atoms with van der Waals surface area (Å²) in [6.45, 7) is 7.03. The molecule has 1 spiro atoms. The first-order valence-electron chi connectivity index (χ1n) is 17.5. The molecule has 0 bridgehead atoms. The Balaban J connectivity index is 1.16. The van der Waals surface area contributed by atoms with Gasteiger partial charge in [-0.15, -0.1) is 0 Å². The highest BCUT2D eigenvalue weighted by molar-refractivity contribution is 9.10. The van der Waals surface area contributed by atoms with Crippen LogP contribution in [0.5, 0.6) is 0 Å². The molecule has 2 fully saturated rings. The van der Waals surface area contributed by atoms with Gasteiger partial charge in [0, 0.05) is 33.7 Å². The van der Waals surface area contributed by atoms with Crippen molar-refractivity contribution >= 4 is 53.3 Å². The van der Waals surface area contributed by atoms with Crippen molar-refractivity contribution in [3.8, 4) is 0 Å². The second kappa shape index (κ2) is 13.6. The minimum atomic E-state index is -3.00. The van der Waals surface area contributed by atoms with Crippen LogP contribution in [-0.4, -0.2) is 72.2 Å². The molecule has 10 nitrogen and oxygen atoms in total. The number of ether oxygens (including phenoxy) is 1. The van der Waals surface area contributed by atoms with Crippen LogP contribution in [-0.2, 0) is 44.2 Å². The van der Waals surface area contributed by atoms with Gasteiger partial charge in [-0.05, 0) is 85.9 Å². The van der Waals surface area contributed by atoms with E-state index in [1.807, 2.05) is 86.7 Å². The largest absolute Gasteiger partial charge is 0.432 e. The molecular formula is C38H45BrN4O6Si. The van der Waals surface area contributed by atoms with Crippen LogP contribution in [0.25, 0.3) is 0 Å². The molecule has 6 atom stereocenters. The fraction of sp³-hybridized carbons (Fsp3) is 0.447. The van der Waals surface area contributed by atoms with Crippen molar-refractivity contribution in [2.75, 3.05) is 23.4 Å². The zero-order chi connectivity index (χ0) is 35.4. The molecule has 264 valence electrons. The van der Waals surface area contributed by atoms with E-state index in [2.05, 4.69) is 26.6 Å². The molecule has 4 N–H and O–H groups in total.